The number of amides is 1. The first-order valence-electron chi connectivity index (χ1n) is 5.66. The molecule has 18 heavy (non-hydrogen) atoms. The molecule has 0 aromatic heterocycles. The summed E-state index contributed by atoms with van der Waals surface area (Å²) in [5.74, 6) is -1.97. The maximum Gasteiger partial charge on any atom is 0.316 e. The molecule has 96 valence electrons. The lowest BCUT2D eigenvalue weighted by molar-refractivity contribution is -0.147. The van der Waals surface area contributed by atoms with Gasteiger partial charge in [-0.05, 0) is 17.7 Å². The second-order valence-corrected chi connectivity index (χ2v) is 4.41. The second-order valence-electron chi connectivity index (χ2n) is 4.41. The highest BCUT2D eigenvalue weighted by Crippen LogP contribution is 2.33. The standard InChI is InChI=1S/C13H15NO4/c1-14-7-10(11(12(14)15)13(16)17)8-3-5-9(18-2)6-4-8/h3-6,10-11H,7H2,1-2H3,(H,16,17)/t10-,11?/m0/s1. The predicted molar refractivity (Wildman–Crippen MR) is 64.5 cm³/mol. The normalized spacial score (nSPS) is 23.2. The summed E-state index contributed by atoms with van der Waals surface area (Å²) in [6.45, 7) is 0.433. The van der Waals surface area contributed by atoms with Crippen LogP contribution in [0.5, 0.6) is 5.75 Å². The van der Waals surface area contributed by atoms with E-state index in [1.54, 1.807) is 26.3 Å². The van der Waals surface area contributed by atoms with Gasteiger partial charge in [0.25, 0.3) is 0 Å². The maximum absolute atomic E-state index is 11.8. The van der Waals surface area contributed by atoms with E-state index in [9.17, 15) is 9.59 Å². The molecule has 1 N–H and O–H groups in total. The minimum atomic E-state index is -1.06. The molecule has 0 radical (unpaired) electrons. The second kappa shape index (κ2) is 4.68. The quantitative estimate of drug-likeness (QED) is 0.810. The van der Waals surface area contributed by atoms with Crippen molar-refractivity contribution in [3.05, 3.63) is 29.8 Å². The van der Waals surface area contributed by atoms with Crippen LogP contribution < -0.4 is 4.74 Å². The predicted octanol–water partition coefficient (Wildman–Crippen LogP) is 0.952. The highest BCUT2D eigenvalue weighted by atomic mass is 16.5. The van der Waals surface area contributed by atoms with Gasteiger partial charge in [0.15, 0.2) is 0 Å². The molecule has 1 amide bonds. The Balaban J connectivity index is 2.30. The third-order valence-corrected chi connectivity index (χ3v) is 3.33. The summed E-state index contributed by atoms with van der Waals surface area (Å²) in [6, 6.07) is 7.17. The van der Waals surface area contributed by atoms with E-state index in [0.29, 0.717) is 12.3 Å². The van der Waals surface area contributed by atoms with Crippen molar-refractivity contribution in [2.24, 2.45) is 5.92 Å². The number of ether oxygens (including phenoxy) is 1. The van der Waals surface area contributed by atoms with Crippen molar-refractivity contribution < 1.29 is 19.4 Å². The van der Waals surface area contributed by atoms with E-state index in [4.69, 9.17) is 9.84 Å². The Morgan fingerprint density at radius 2 is 2.00 bits per heavy atom. The Kier molecular flexibility index (Phi) is 3.23. The molecule has 2 rings (SSSR count). The summed E-state index contributed by atoms with van der Waals surface area (Å²) >= 11 is 0. The fourth-order valence-corrected chi connectivity index (χ4v) is 2.33. The molecular weight excluding hydrogens is 234 g/mol. The van der Waals surface area contributed by atoms with Crippen molar-refractivity contribution in [1.82, 2.24) is 4.90 Å². The number of nitrogens with zero attached hydrogens (tertiary/aromatic N) is 1. The number of hydrogen-bond donors (Lipinski definition) is 1. The first-order chi connectivity index (χ1) is 8.54. The number of aliphatic carboxylic acids is 1. The van der Waals surface area contributed by atoms with E-state index in [2.05, 4.69) is 0 Å². The van der Waals surface area contributed by atoms with Crippen molar-refractivity contribution in [3.63, 3.8) is 0 Å². The molecule has 1 unspecified atom stereocenters. The van der Waals surface area contributed by atoms with Gasteiger partial charge in [-0.15, -0.1) is 0 Å². The van der Waals surface area contributed by atoms with Gasteiger partial charge in [0.1, 0.15) is 11.7 Å². The van der Waals surface area contributed by atoms with Crippen LogP contribution in [0.25, 0.3) is 0 Å². The molecule has 5 heteroatoms. The van der Waals surface area contributed by atoms with Gasteiger partial charge in [0.05, 0.1) is 7.11 Å². The van der Waals surface area contributed by atoms with Gasteiger partial charge >= 0.3 is 5.97 Å². The number of rotatable bonds is 3. The molecule has 0 spiro atoms. The lowest BCUT2D eigenvalue weighted by atomic mass is 9.88. The van der Waals surface area contributed by atoms with Crippen molar-refractivity contribution in [2.75, 3.05) is 20.7 Å². The number of carboxylic acid groups (broad SMARTS) is 1. The van der Waals surface area contributed by atoms with Gasteiger partial charge in [-0.3, -0.25) is 9.59 Å². The summed E-state index contributed by atoms with van der Waals surface area (Å²) in [7, 11) is 3.20. The molecule has 0 saturated carbocycles. The molecule has 1 aromatic carbocycles. The Labute approximate surface area is 105 Å². The summed E-state index contributed by atoms with van der Waals surface area (Å²) in [5, 5.41) is 9.16. The Morgan fingerprint density at radius 1 is 1.39 bits per heavy atom. The molecule has 1 saturated heterocycles. The zero-order valence-electron chi connectivity index (χ0n) is 10.3. The van der Waals surface area contributed by atoms with Crippen LogP contribution in [0.1, 0.15) is 11.5 Å². The van der Waals surface area contributed by atoms with Crippen LogP contribution in [0.4, 0.5) is 0 Å². The molecule has 1 heterocycles. The zero-order valence-corrected chi connectivity index (χ0v) is 10.3. The average molecular weight is 249 g/mol. The van der Waals surface area contributed by atoms with Gasteiger partial charge in [-0.25, -0.2) is 0 Å². The maximum atomic E-state index is 11.8. The molecule has 5 nitrogen and oxygen atoms in total. The zero-order chi connectivity index (χ0) is 13.3. The number of benzene rings is 1. The smallest absolute Gasteiger partial charge is 0.316 e. The minimum absolute atomic E-state index is 0.300. The number of methoxy groups -OCH3 is 1. The average Bonchev–Trinajstić information content (AvgIpc) is 2.66. The molecule has 2 atom stereocenters. The molecule has 1 aliphatic heterocycles. The Hall–Kier alpha value is -2.04. The Bertz CT molecular complexity index is 468. The third kappa shape index (κ3) is 2.03. The van der Waals surface area contributed by atoms with E-state index in [-0.39, 0.29) is 11.8 Å². The fraction of sp³-hybridized carbons (Fsp3) is 0.385. The molecule has 0 bridgehead atoms. The fourth-order valence-electron chi connectivity index (χ4n) is 2.33. The van der Waals surface area contributed by atoms with E-state index >= 15 is 0 Å². The number of hydrogen-bond acceptors (Lipinski definition) is 3. The topological polar surface area (TPSA) is 66.8 Å². The number of carbonyl (C=O) groups is 2. The number of carboxylic acids is 1. The van der Waals surface area contributed by atoms with Crippen LogP contribution in [0.2, 0.25) is 0 Å². The SMILES string of the molecule is COc1ccc([C@@H]2CN(C)C(=O)C2C(=O)O)cc1. The summed E-state index contributed by atoms with van der Waals surface area (Å²) < 4.78 is 5.05. The first kappa shape index (κ1) is 12.4. The summed E-state index contributed by atoms with van der Waals surface area (Å²) in [5.41, 5.74) is 0.848. The van der Waals surface area contributed by atoms with Crippen LogP contribution in [0.15, 0.2) is 24.3 Å². The molecule has 1 aromatic rings. The van der Waals surface area contributed by atoms with E-state index < -0.39 is 11.9 Å². The third-order valence-electron chi connectivity index (χ3n) is 3.33. The highest BCUT2D eigenvalue weighted by molar-refractivity contribution is 5.99. The van der Waals surface area contributed by atoms with Crippen molar-refractivity contribution in [3.8, 4) is 5.75 Å². The first-order valence-corrected chi connectivity index (χ1v) is 5.66. The molecule has 0 aliphatic carbocycles. The van der Waals surface area contributed by atoms with Crippen molar-refractivity contribution in [2.45, 2.75) is 5.92 Å². The monoisotopic (exact) mass is 249 g/mol. The van der Waals surface area contributed by atoms with Gasteiger partial charge in [0.2, 0.25) is 5.91 Å². The largest absolute Gasteiger partial charge is 0.497 e. The Morgan fingerprint density at radius 3 is 2.50 bits per heavy atom. The van der Waals surface area contributed by atoms with Crippen LogP contribution >= 0.6 is 0 Å². The molecular formula is C13H15NO4. The van der Waals surface area contributed by atoms with Gasteiger partial charge < -0.3 is 14.7 Å². The summed E-state index contributed by atoms with van der Waals surface area (Å²) in [6.07, 6.45) is 0. The van der Waals surface area contributed by atoms with E-state index in [1.807, 2.05) is 12.1 Å². The minimum Gasteiger partial charge on any atom is -0.497 e. The lowest BCUT2D eigenvalue weighted by Gasteiger charge is -2.13. The van der Waals surface area contributed by atoms with Crippen LogP contribution in [0.3, 0.4) is 0 Å². The van der Waals surface area contributed by atoms with Crippen LogP contribution in [-0.2, 0) is 9.59 Å². The van der Waals surface area contributed by atoms with Crippen LogP contribution in [-0.4, -0.2) is 42.6 Å². The molecule has 1 aliphatic rings. The van der Waals surface area contributed by atoms with E-state index in [0.717, 1.165) is 5.56 Å². The van der Waals surface area contributed by atoms with Gasteiger partial charge in [0, 0.05) is 19.5 Å². The highest BCUT2D eigenvalue weighted by Gasteiger charge is 2.44. The number of likely N-dealkylation sites (N-methyl/N-ethyl adjacent to an activating group) is 1. The number of carbonyl (C=O) groups excluding carboxylic acids is 1. The van der Waals surface area contributed by atoms with Crippen LogP contribution in [0, 0.1) is 5.92 Å². The molecule has 1 fully saturated rings. The van der Waals surface area contributed by atoms with Crippen molar-refractivity contribution >= 4 is 11.9 Å². The van der Waals surface area contributed by atoms with Gasteiger partial charge in [-0.2, -0.15) is 0 Å². The lowest BCUT2D eigenvalue weighted by Crippen LogP contribution is -2.28. The summed E-state index contributed by atoms with van der Waals surface area (Å²) in [4.78, 5) is 24.4. The van der Waals surface area contributed by atoms with Crippen molar-refractivity contribution in [1.29, 1.82) is 0 Å². The number of likely N-dealkylation sites (tertiary alicyclic amines) is 1. The van der Waals surface area contributed by atoms with Gasteiger partial charge in [-0.1, -0.05) is 12.1 Å². The van der Waals surface area contributed by atoms with E-state index in [1.165, 1.54) is 4.90 Å².